The lowest BCUT2D eigenvalue weighted by atomic mass is 10.1. The van der Waals surface area contributed by atoms with Gasteiger partial charge in [0.05, 0.1) is 11.1 Å². The second kappa shape index (κ2) is 6.83. The normalized spacial score (nSPS) is 13.1. The van der Waals surface area contributed by atoms with Crippen molar-refractivity contribution in [1.29, 1.82) is 0 Å². The Morgan fingerprint density at radius 1 is 1.35 bits per heavy atom. The van der Waals surface area contributed by atoms with Gasteiger partial charge >= 0.3 is 6.18 Å². The highest BCUT2D eigenvalue weighted by molar-refractivity contribution is 7.84. The summed E-state index contributed by atoms with van der Waals surface area (Å²) in [6.07, 6.45) is -4.65. The molecular formula is C12H13F4NO2S. The Balaban J connectivity index is 2.79. The topological polar surface area (TPSA) is 46.2 Å². The molecule has 1 rings (SSSR count). The fourth-order valence-corrected chi connectivity index (χ4v) is 2.01. The number of alkyl halides is 3. The summed E-state index contributed by atoms with van der Waals surface area (Å²) >= 11 is 0. The van der Waals surface area contributed by atoms with Crippen LogP contribution in [0.25, 0.3) is 0 Å². The van der Waals surface area contributed by atoms with Crippen LogP contribution in [0.5, 0.6) is 0 Å². The molecule has 8 heteroatoms. The van der Waals surface area contributed by atoms with Crippen LogP contribution < -0.4 is 5.32 Å². The smallest absolute Gasteiger partial charge is 0.351 e. The van der Waals surface area contributed by atoms with Gasteiger partial charge < -0.3 is 5.32 Å². The molecule has 0 aromatic heterocycles. The van der Waals surface area contributed by atoms with Crippen LogP contribution in [0.1, 0.15) is 22.8 Å². The third kappa shape index (κ3) is 4.59. The number of nitrogens with one attached hydrogen (secondary N) is 1. The summed E-state index contributed by atoms with van der Waals surface area (Å²) in [5.74, 6) is -1.41. The van der Waals surface area contributed by atoms with Crippen LogP contribution in [0.4, 0.5) is 17.6 Å². The average molecular weight is 311 g/mol. The Bertz CT molecular complexity index is 517. The Morgan fingerprint density at radius 3 is 2.55 bits per heavy atom. The maximum atomic E-state index is 13.4. The van der Waals surface area contributed by atoms with Crippen LogP contribution in [-0.4, -0.2) is 28.2 Å². The molecule has 1 unspecified atom stereocenters. The van der Waals surface area contributed by atoms with Gasteiger partial charge in [-0.3, -0.25) is 9.00 Å². The van der Waals surface area contributed by atoms with E-state index in [2.05, 4.69) is 5.32 Å². The number of hydrogen-bond acceptors (Lipinski definition) is 2. The predicted molar refractivity (Wildman–Crippen MR) is 67.3 cm³/mol. The van der Waals surface area contributed by atoms with Crippen molar-refractivity contribution >= 4 is 16.7 Å². The highest BCUT2D eigenvalue weighted by Gasteiger charge is 2.31. The molecule has 0 spiro atoms. The van der Waals surface area contributed by atoms with E-state index in [9.17, 15) is 26.6 Å². The molecule has 1 aromatic rings. The maximum absolute atomic E-state index is 13.4. The minimum atomic E-state index is -4.65. The molecule has 0 fully saturated rings. The molecule has 0 aliphatic heterocycles. The van der Waals surface area contributed by atoms with E-state index in [0.29, 0.717) is 24.0 Å². The quantitative estimate of drug-likeness (QED) is 0.849. The summed E-state index contributed by atoms with van der Waals surface area (Å²) in [7, 11) is -1.11. The van der Waals surface area contributed by atoms with E-state index in [1.165, 1.54) is 0 Å². The van der Waals surface area contributed by atoms with Gasteiger partial charge in [0, 0.05) is 28.9 Å². The van der Waals surface area contributed by atoms with Crippen molar-refractivity contribution in [3.63, 3.8) is 0 Å². The van der Waals surface area contributed by atoms with Gasteiger partial charge in [-0.2, -0.15) is 13.2 Å². The lowest BCUT2D eigenvalue weighted by molar-refractivity contribution is -0.137. The van der Waals surface area contributed by atoms with Crippen LogP contribution in [0.15, 0.2) is 18.2 Å². The van der Waals surface area contributed by atoms with E-state index in [1.54, 1.807) is 6.92 Å². The van der Waals surface area contributed by atoms with E-state index >= 15 is 0 Å². The van der Waals surface area contributed by atoms with Crippen molar-refractivity contribution in [3.05, 3.63) is 35.1 Å². The fraction of sp³-hybridized carbons (Fsp3) is 0.417. The molecule has 1 N–H and O–H groups in total. The summed E-state index contributed by atoms with van der Waals surface area (Å²) in [6.45, 7) is 1.71. The highest BCUT2D eigenvalue weighted by atomic mass is 32.2. The Hall–Kier alpha value is -1.44. The molecule has 0 aliphatic rings. The molecule has 20 heavy (non-hydrogen) atoms. The molecule has 1 atom stereocenters. The third-order valence-corrected chi connectivity index (χ3v) is 3.78. The van der Waals surface area contributed by atoms with Gasteiger partial charge in [0.15, 0.2) is 0 Å². The zero-order chi connectivity index (χ0) is 15.3. The number of hydrogen-bond donors (Lipinski definition) is 1. The maximum Gasteiger partial charge on any atom is 0.416 e. The van der Waals surface area contributed by atoms with E-state index < -0.39 is 39.8 Å². The lowest BCUT2D eigenvalue weighted by Crippen LogP contribution is -2.29. The summed E-state index contributed by atoms with van der Waals surface area (Å²) < 4.78 is 61.9. The predicted octanol–water partition coefficient (Wildman–Crippen LogP) is 2.34. The number of halogens is 4. The van der Waals surface area contributed by atoms with Crippen LogP contribution in [0.3, 0.4) is 0 Å². The Morgan fingerprint density at radius 2 is 2.00 bits per heavy atom. The number of rotatable bonds is 5. The SMILES string of the molecule is CCS(=O)CCNC(=O)c1cc(C(F)(F)F)ccc1F. The van der Waals surface area contributed by atoms with Gasteiger partial charge in [-0.25, -0.2) is 4.39 Å². The standard InChI is InChI=1S/C12H13F4NO2S/c1-2-20(19)6-5-17-11(18)9-7-8(12(14,15)16)3-4-10(9)13/h3-4,7H,2,5-6H2,1H3,(H,17,18). The monoisotopic (exact) mass is 311 g/mol. The number of benzene rings is 1. The first kappa shape index (κ1) is 16.6. The van der Waals surface area contributed by atoms with Crippen LogP contribution in [0, 0.1) is 5.82 Å². The second-order valence-corrected chi connectivity index (χ2v) is 5.75. The first-order valence-electron chi connectivity index (χ1n) is 5.75. The van der Waals surface area contributed by atoms with Crippen molar-refractivity contribution in [2.24, 2.45) is 0 Å². The van der Waals surface area contributed by atoms with Crippen molar-refractivity contribution in [2.45, 2.75) is 13.1 Å². The average Bonchev–Trinajstić information content (AvgIpc) is 2.37. The van der Waals surface area contributed by atoms with Gasteiger partial charge in [-0.15, -0.1) is 0 Å². The molecule has 0 bridgehead atoms. The first-order chi connectivity index (χ1) is 9.25. The third-order valence-electron chi connectivity index (χ3n) is 2.48. The highest BCUT2D eigenvalue weighted by Crippen LogP contribution is 2.30. The van der Waals surface area contributed by atoms with Gasteiger partial charge in [-0.1, -0.05) is 6.92 Å². The summed E-state index contributed by atoms with van der Waals surface area (Å²) in [6, 6.07) is 1.63. The number of carbonyl (C=O) groups excluding carboxylic acids is 1. The summed E-state index contributed by atoms with van der Waals surface area (Å²) in [4.78, 5) is 11.6. The molecule has 3 nitrogen and oxygen atoms in total. The molecule has 0 saturated heterocycles. The van der Waals surface area contributed by atoms with Gasteiger partial charge in [0.1, 0.15) is 5.82 Å². The molecule has 0 radical (unpaired) electrons. The van der Waals surface area contributed by atoms with Crippen LogP contribution in [-0.2, 0) is 17.0 Å². The molecule has 112 valence electrons. The van der Waals surface area contributed by atoms with Crippen molar-refractivity contribution in [1.82, 2.24) is 5.32 Å². The minimum absolute atomic E-state index is 0.00890. The second-order valence-electron chi connectivity index (χ2n) is 3.88. The summed E-state index contributed by atoms with van der Waals surface area (Å²) in [5.41, 5.74) is -1.77. The molecule has 0 aliphatic carbocycles. The van der Waals surface area contributed by atoms with Crippen molar-refractivity contribution in [2.75, 3.05) is 18.1 Å². The van der Waals surface area contributed by atoms with Crippen LogP contribution in [0.2, 0.25) is 0 Å². The Kier molecular flexibility index (Phi) is 5.67. The minimum Gasteiger partial charge on any atom is -0.351 e. The molecule has 1 aromatic carbocycles. The molecule has 0 heterocycles. The lowest BCUT2D eigenvalue weighted by Gasteiger charge is -2.10. The molecule has 1 amide bonds. The van der Waals surface area contributed by atoms with Gasteiger partial charge in [0.25, 0.3) is 5.91 Å². The molecular weight excluding hydrogens is 298 g/mol. The largest absolute Gasteiger partial charge is 0.416 e. The van der Waals surface area contributed by atoms with Crippen molar-refractivity contribution in [3.8, 4) is 0 Å². The summed E-state index contributed by atoms with van der Waals surface area (Å²) in [5, 5.41) is 2.24. The van der Waals surface area contributed by atoms with Gasteiger partial charge in [-0.05, 0) is 18.2 Å². The van der Waals surface area contributed by atoms with E-state index in [-0.39, 0.29) is 12.3 Å². The number of carbonyl (C=O) groups is 1. The fourth-order valence-electron chi connectivity index (χ4n) is 1.39. The zero-order valence-corrected chi connectivity index (χ0v) is 11.4. The van der Waals surface area contributed by atoms with Gasteiger partial charge in [0.2, 0.25) is 0 Å². The van der Waals surface area contributed by atoms with Crippen molar-refractivity contribution < 1.29 is 26.6 Å². The Labute approximate surface area is 115 Å². The number of amides is 1. The van der Waals surface area contributed by atoms with E-state index in [4.69, 9.17) is 0 Å². The van der Waals surface area contributed by atoms with Crippen LogP contribution >= 0.6 is 0 Å². The molecule has 0 saturated carbocycles. The van der Waals surface area contributed by atoms with E-state index in [1.807, 2.05) is 0 Å². The van der Waals surface area contributed by atoms with E-state index in [0.717, 1.165) is 0 Å². The first-order valence-corrected chi connectivity index (χ1v) is 7.24. The zero-order valence-electron chi connectivity index (χ0n) is 10.6.